The zero-order valence-corrected chi connectivity index (χ0v) is 26.7. The molecule has 0 spiro atoms. The zero-order valence-electron chi connectivity index (χ0n) is 26.7. The quantitative estimate of drug-likeness (QED) is 0.176. The van der Waals surface area contributed by atoms with E-state index < -0.39 is 0 Å². The van der Waals surface area contributed by atoms with Crippen LogP contribution in [0.1, 0.15) is 26.3 Å². The van der Waals surface area contributed by atoms with Crippen molar-refractivity contribution in [2.45, 2.75) is 0 Å². The maximum absolute atomic E-state index is 14.8. The van der Waals surface area contributed by atoms with Gasteiger partial charge in [0.25, 0.3) is 11.8 Å². The van der Waals surface area contributed by atoms with Gasteiger partial charge in [0.05, 0.1) is 45.2 Å². The molecule has 9 rings (SSSR count). The molecule has 0 N–H and O–H groups in total. The molecule has 0 saturated heterocycles. The summed E-state index contributed by atoms with van der Waals surface area (Å²) in [5.41, 5.74) is 9.73. The fraction of sp³-hybridized carbons (Fsp3) is 0. The maximum Gasteiger partial charge on any atom is 0.268 e. The second-order valence-electron chi connectivity index (χ2n) is 12.3. The number of fused-ring (bicyclic) bond motifs is 4. The number of benzene rings is 7. The molecule has 7 aromatic carbocycles. The third-order valence-electron chi connectivity index (χ3n) is 9.60. The molecular formula is C45H27N3O2. The van der Waals surface area contributed by atoms with Crippen LogP contribution in [0.3, 0.4) is 0 Å². The molecule has 234 valence electrons. The fourth-order valence-electron chi connectivity index (χ4n) is 7.38. The Morgan fingerprint density at radius 2 is 1.10 bits per heavy atom. The van der Waals surface area contributed by atoms with Crippen molar-refractivity contribution in [1.82, 2.24) is 4.57 Å². The van der Waals surface area contributed by atoms with Crippen LogP contribution in [0.15, 0.2) is 164 Å². The summed E-state index contributed by atoms with van der Waals surface area (Å²) in [6.45, 7) is 0. The van der Waals surface area contributed by atoms with Crippen LogP contribution in [-0.2, 0) is 0 Å². The Labute approximate surface area is 288 Å². The molecular weight excluding hydrogens is 615 g/mol. The molecule has 0 bridgehead atoms. The molecule has 8 aromatic rings. The second-order valence-corrected chi connectivity index (χ2v) is 12.3. The van der Waals surface area contributed by atoms with E-state index in [0.717, 1.165) is 55.2 Å². The van der Waals surface area contributed by atoms with E-state index in [1.165, 1.54) is 4.90 Å². The number of para-hydroxylation sites is 1. The van der Waals surface area contributed by atoms with Crippen LogP contribution in [0.25, 0.3) is 60.9 Å². The molecule has 0 saturated carbocycles. The number of aromatic nitrogens is 1. The predicted octanol–water partition coefficient (Wildman–Crippen LogP) is 10.5. The summed E-state index contributed by atoms with van der Waals surface area (Å²) in [6, 6.07) is 55.4. The summed E-state index contributed by atoms with van der Waals surface area (Å²) in [6.07, 6.45) is 0. The van der Waals surface area contributed by atoms with Crippen LogP contribution in [-0.4, -0.2) is 16.4 Å². The van der Waals surface area contributed by atoms with Gasteiger partial charge in [-0.05, 0) is 64.7 Å². The smallest absolute Gasteiger partial charge is 0.268 e. The number of nitriles is 1. The van der Waals surface area contributed by atoms with Crippen molar-refractivity contribution in [1.29, 1.82) is 5.26 Å². The summed E-state index contributed by atoms with van der Waals surface area (Å²) in [5, 5.41) is 11.9. The SMILES string of the molecule is N#Cc1ccccc1-c1cccc2c1c1ccccc1n2-c1cccc2c1C(=O)N(c1ccc(-c3ccccc3)cc1-c1ccccc1)C2=O. The standard InChI is InChI=1S/C45H27N3O2/c46-28-32-17-7-8-18-33(32)34-20-11-23-40-42(34)35-19-9-10-22-38(35)47(40)41-24-12-21-36-43(41)45(50)48(44(36)49)39-26-25-31(29-13-3-1-4-14-29)27-37(39)30-15-5-2-6-16-30/h1-27H. The Balaban J connectivity index is 1.25. The molecule has 2 heterocycles. The van der Waals surface area contributed by atoms with E-state index in [2.05, 4.69) is 22.8 Å². The number of carbonyl (C=O) groups is 2. The molecule has 5 heteroatoms. The van der Waals surface area contributed by atoms with Gasteiger partial charge in [-0.25, -0.2) is 4.90 Å². The number of anilines is 1. The minimum Gasteiger partial charge on any atom is -0.308 e. The van der Waals surface area contributed by atoms with Gasteiger partial charge < -0.3 is 4.57 Å². The van der Waals surface area contributed by atoms with Crippen LogP contribution < -0.4 is 4.90 Å². The number of amides is 2. The molecule has 0 atom stereocenters. The van der Waals surface area contributed by atoms with Gasteiger partial charge in [0.15, 0.2) is 0 Å². The van der Waals surface area contributed by atoms with Crippen LogP contribution >= 0.6 is 0 Å². The van der Waals surface area contributed by atoms with Crippen molar-refractivity contribution < 1.29 is 9.59 Å². The average molecular weight is 642 g/mol. The second kappa shape index (κ2) is 11.6. The van der Waals surface area contributed by atoms with Crippen LogP contribution in [0.2, 0.25) is 0 Å². The molecule has 1 aromatic heterocycles. The largest absolute Gasteiger partial charge is 0.308 e. The first-order valence-corrected chi connectivity index (χ1v) is 16.4. The lowest BCUT2D eigenvalue weighted by Crippen LogP contribution is -2.30. The normalized spacial score (nSPS) is 12.4. The third kappa shape index (κ3) is 4.40. The number of hydrogen-bond acceptors (Lipinski definition) is 3. The number of rotatable bonds is 5. The summed E-state index contributed by atoms with van der Waals surface area (Å²) in [5.74, 6) is -0.733. The first kappa shape index (κ1) is 29.1. The topological polar surface area (TPSA) is 66.1 Å². The van der Waals surface area contributed by atoms with Crippen molar-refractivity contribution in [3.05, 3.63) is 180 Å². The Kier molecular flexibility index (Phi) is 6.75. The lowest BCUT2D eigenvalue weighted by Gasteiger charge is -2.20. The maximum atomic E-state index is 14.8. The number of imide groups is 1. The van der Waals surface area contributed by atoms with Gasteiger partial charge in [-0.3, -0.25) is 9.59 Å². The van der Waals surface area contributed by atoms with Gasteiger partial charge in [-0.1, -0.05) is 121 Å². The van der Waals surface area contributed by atoms with Gasteiger partial charge in [0, 0.05) is 21.9 Å². The highest BCUT2D eigenvalue weighted by Gasteiger charge is 2.40. The minimum atomic E-state index is -0.373. The fourth-order valence-corrected chi connectivity index (χ4v) is 7.38. The van der Waals surface area contributed by atoms with Gasteiger partial charge >= 0.3 is 0 Å². The number of nitrogens with zero attached hydrogens (tertiary/aromatic N) is 3. The molecule has 1 aliphatic heterocycles. The summed E-state index contributed by atoms with van der Waals surface area (Å²) in [7, 11) is 0. The highest BCUT2D eigenvalue weighted by atomic mass is 16.2. The molecule has 2 amide bonds. The third-order valence-corrected chi connectivity index (χ3v) is 9.60. The lowest BCUT2D eigenvalue weighted by molar-refractivity contribution is 0.0926. The molecule has 0 unspecified atom stereocenters. The highest BCUT2D eigenvalue weighted by molar-refractivity contribution is 6.36. The van der Waals surface area contributed by atoms with Crippen LogP contribution in [0.5, 0.6) is 0 Å². The van der Waals surface area contributed by atoms with Crippen molar-refractivity contribution in [2.75, 3.05) is 4.90 Å². The molecule has 1 aliphatic rings. The Hall–Kier alpha value is -7.03. The minimum absolute atomic E-state index is 0.356. The van der Waals surface area contributed by atoms with Crippen LogP contribution in [0.4, 0.5) is 5.69 Å². The highest BCUT2D eigenvalue weighted by Crippen LogP contribution is 2.43. The molecule has 0 fully saturated rings. The summed E-state index contributed by atoms with van der Waals surface area (Å²) >= 11 is 0. The number of carbonyl (C=O) groups excluding carboxylic acids is 2. The van der Waals surface area contributed by atoms with E-state index in [-0.39, 0.29) is 11.8 Å². The van der Waals surface area contributed by atoms with Crippen molar-refractivity contribution >= 4 is 39.3 Å². The molecule has 50 heavy (non-hydrogen) atoms. The van der Waals surface area contributed by atoms with E-state index in [0.29, 0.717) is 28.1 Å². The van der Waals surface area contributed by atoms with E-state index in [1.54, 1.807) is 6.07 Å². The average Bonchev–Trinajstić information content (AvgIpc) is 3.66. The monoisotopic (exact) mass is 641 g/mol. The van der Waals surface area contributed by atoms with E-state index in [1.807, 2.05) is 146 Å². The molecule has 0 radical (unpaired) electrons. The van der Waals surface area contributed by atoms with Gasteiger partial charge in [-0.2, -0.15) is 5.26 Å². The van der Waals surface area contributed by atoms with Crippen molar-refractivity contribution in [3.63, 3.8) is 0 Å². The van der Waals surface area contributed by atoms with E-state index >= 15 is 0 Å². The Morgan fingerprint density at radius 1 is 0.460 bits per heavy atom. The lowest BCUT2D eigenvalue weighted by atomic mass is 9.96. The molecule has 5 nitrogen and oxygen atoms in total. The van der Waals surface area contributed by atoms with Crippen molar-refractivity contribution in [3.8, 4) is 45.1 Å². The van der Waals surface area contributed by atoms with Gasteiger partial charge in [-0.15, -0.1) is 0 Å². The number of hydrogen-bond donors (Lipinski definition) is 0. The molecule has 0 aliphatic carbocycles. The Morgan fingerprint density at radius 3 is 1.90 bits per heavy atom. The van der Waals surface area contributed by atoms with E-state index in [9.17, 15) is 14.9 Å². The van der Waals surface area contributed by atoms with Gasteiger partial charge in [0.1, 0.15) is 0 Å². The summed E-state index contributed by atoms with van der Waals surface area (Å²) < 4.78 is 2.08. The predicted molar refractivity (Wildman–Crippen MR) is 199 cm³/mol. The first-order chi connectivity index (χ1) is 24.6. The van der Waals surface area contributed by atoms with Crippen molar-refractivity contribution in [2.24, 2.45) is 0 Å². The zero-order chi connectivity index (χ0) is 33.8. The van der Waals surface area contributed by atoms with Crippen LogP contribution in [0, 0.1) is 11.3 Å². The summed E-state index contributed by atoms with van der Waals surface area (Å²) in [4.78, 5) is 30.5. The van der Waals surface area contributed by atoms with Gasteiger partial charge in [0.2, 0.25) is 0 Å². The van der Waals surface area contributed by atoms with E-state index in [4.69, 9.17) is 0 Å². The Bertz CT molecular complexity index is 2700. The first-order valence-electron chi connectivity index (χ1n) is 16.4.